The van der Waals surface area contributed by atoms with Gasteiger partial charge in [0.1, 0.15) is 5.60 Å². The molecule has 1 amide bonds. The zero-order valence-electron chi connectivity index (χ0n) is 13.4. The average Bonchev–Trinajstić information content (AvgIpc) is 2.38. The van der Waals surface area contributed by atoms with Gasteiger partial charge in [-0.25, -0.2) is 4.79 Å². The quantitative estimate of drug-likeness (QED) is 0.752. The normalized spacial score (nSPS) is 23.6. The van der Waals surface area contributed by atoms with Crippen LogP contribution in [0.1, 0.15) is 47.5 Å². The molecule has 2 aliphatic heterocycles. The maximum atomic E-state index is 11.9. The molecule has 0 radical (unpaired) electrons. The second-order valence-corrected chi connectivity index (χ2v) is 6.19. The van der Waals surface area contributed by atoms with Crippen molar-refractivity contribution >= 4 is 13.2 Å². The lowest BCUT2D eigenvalue weighted by atomic mass is 9.59. The topological polar surface area (TPSA) is 59.0 Å². The molecule has 1 N–H and O–H groups in total. The molecule has 20 heavy (non-hydrogen) atoms. The Bertz CT molecular complexity index is 311. The number of nitrogens with zero attached hydrogens (tertiary/aromatic N) is 1. The van der Waals surface area contributed by atoms with Crippen molar-refractivity contribution in [1.29, 1.82) is 0 Å². The lowest BCUT2D eigenvalue weighted by molar-refractivity contribution is 0.0152. The minimum absolute atomic E-state index is 0.230. The molecule has 2 rings (SSSR count). The minimum Gasteiger partial charge on any atom is -0.444 e. The Morgan fingerprint density at radius 3 is 2.20 bits per heavy atom. The number of piperidine rings is 1. The summed E-state index contributed by atoms with van der Waals surface area (Å²) in [4.78, 5) is 13.6. The molecule has 0 aliphatic carbocycles. The summed E-state index contributed by atoms with van der Waals surface area (Å²) in [7, 11) is -0.594. The fourth-order valence-corrected chi connectivity index (χ4v) is 2.50. The lowest BCUT2D eigenvalue weighted by Gasteiger charge is -2.40. The first kappa shape index (κ1) is 17.3. The predicted octanol–water partition coefficient (Wildman–Crippen LogP) is 2.54. The van der Waals surface area contributed by atoms with Crippen molar-refractivity contribution in [3.05, 3.63) is 0 Å². The molecular formula is C14H28BNO4. The van der Waals surface area contributed by atoms with Crippen molar-refractivity contribution in [2.45, 2.75) is 58.9 Å². The zero-order valence-corrected chi connectivity index (χ0v) is 13.4. The highest BCUT2D eigenvalue weighted by atomic mass is 16.6. The number of carbonyl (C=O) groups excluding carboxylic acids is 1. The van der Waals surface area contributed by atoms with Crippen LogP contribution in [0.2, 0.25) is 5.82 Å². The summed E-state index contributed by atoms with van der Waals surface area (Å²) in [5, 5.41) is 9.46. The van der Waals surface area contributed by atoms with E-state index < -0.39 is 12.7 Å². The van der Waals surface area contributed by atoms with Crippen LogP contribution in [0.5, 0.6) is 0 Å². The highest BCUT2D eigenvalue weighted by molar-refractivity contribution is 6.47. The van der Waals surface area contributed by atoms with E-state index in [4.69, 9.17) is 9.39 Å². The summed E-state index contributed by atoms with van der Waals surface area (Å²) >= 11 is 0. The minimum atomic E-state index is -0.594. The van der Waals surface area contributed by atoms with Gasteiger partial charge in [0.2, 0.25) is 0 Å². The third kappa shape index (κ3) is 4.67. The first-order valence-corrected chi connectivity index (χ1v) is 7.64. The van der Waals surface area contributed by atoms with Crippen LogP contribution >= 0.6 is 0 Å². The third-order valence-electron chi connectivity index (χ3n) is 3.62. The fraction of sp³-hybridized carbons (Fsp3) is 0.929. The number of hydrogen-bond acceptors (Lipinski definition) is 4. The summed E-state index contributed by atoms with van der Waals surface area (Å²) in [6.45, 7) is 11.7. The van der Waals surface area contributed by atoms with Crippen LogP contribution in [0.4, 0.5) is 4.79 Å². The Labute approximate surface area is 122 Å². The van der Waals surface area contributed by atoms with Gasteiger partial charge in [0.15, 0.2) is 0 Å². The standard InChI is InChI=1S/C12H22BNO4.C2H6/c1-12(2,3)18-11(15)14-6-4-9(5-7-14)10-8-17-13(10)16;1-2/h9-10,16H,4-8H2,1-3H3;1-2H3. The first-order valence-electron chi connectivity index (χ1n) is 7.64. The molecule has 2 aliphatic rings. The van der Waals surface area contributed by atoms with E-state index in [9.17, 15) is 9.82 Å². The maximum Gasteiger partial charge on any atom is 0.460 e. The molecular weight excluding hydrogens is 257 g/mol. The van der Waals surface area contributed by atoms with Gasteiger partial charge in [-0.1, -0.05) is 13.8 Å². The lowest BCUT2D eigenvalue weighted by Crippen LogP contribution is -2.48. The van der Waals surface area contributed by atoms with Crippen molar-refractivity contribution in [2.24, 2.45) is 5.92 Å². The van der Waals surface area contributed by atoms with Gasteiger partial charge >= 0.3 is 13.2 Å². The second kappa shape index (κ2) is 7.32. The number of amides is 1. The van der Waals surface area contributed by atoms with Gasteiger partial charge in [-0.05, 0) is 39.5 Å². The van der Waals surface area contributed by atoms with Crippen LogP contribution < -0.4 is 0 Å². The Balaban J connectivity index is 0.000000956. The van der Waals surface area contributed by atoms with Crippen molar-refractivity contribution in [1.82, 2.24) is 4.90 Å². The summed E-state index contributed by atoms with van der Waals surface area (Å²) < 4.78 is 10.3. The van der Waals surface area contributed by atoms with E-state index in [2.05, 4.69) is 0 Å². The monoisotopic (exact) mass is 285 g/mol. The SMILES string of the molecule is CC.CC(C)(C)OC(=O)N1CCC(C2COB2O)CC1. The Morgan fingerprint density at radius 2 is 1.85 bits per heavy atom. The molecule has 0 aromatic rings. The van der Waals surface area contributed by atoms with Crippen LogP contribution in [0, 0.1) is 5.92 Å². The van der Waals surface area contributed by atoms with E-state index in [1.807, 2.05) is 34.6 Å². The highest BCUT2D eigenvalue weighted by Crippen LogP contribution is 2.36. The van der Waals surface area contributed by atoms with Gasteiger partial charge in [-0.2, -0.15) is 0 Å². The van der Waals surface area contributed by atoms with Crippen LogP contribution in [0.25, 0.3) is 0 Å². The van der Waals surface area contributed by atoms with E-state index >= 15 is 0 Å². The van der Waals surface area contributed by atoms with Crippen LogP contribution in [-0.2, 0) is 9.39 Å². The number of hydrogen-bond donors (Lipinski definition) is 1. The van der Waals surface area contributed by atoms with Gasteiger partial charge in [0.25, 0.3) is 0 Å². The van der Waals surface area contributed by atoms with E-state index in [0.29, 0.717) is 25.6 Å². The molecule has 0 aromatic heterocycles. The molecule has 2 fully saturated rings. The van der Waals surface area contributed by atoms with Crippen molar-refractivity contribution in [2.75, 3.05) is 19.7 Å². The van der Waals surface area contributed by atoms with E-state index in [0.717, 1.165) is 12.8 Å². The molecule has 6 heteroatoms. The zero-order chi connectivity index (χ0) is 15.3. The van der Waals surface area contributed by atoms with E-state index in [1.54, 1.807) is 4.90 Å². The Kier molecular flexibility index (Phi) is 6.33. The largest absolute Gasteiger partial charge is 0.460 e. The molecule has 0 saturated carbocycles. The molecule has 2 heterocycles. The van der Waals surface area contributed by atoms with Crippen LogP contribution in [0.3, 0.4) is 0 Å². The highest BCUT2D eigenvalue weighted by Gasteiger charge is 2.43. The first-order chi connectivity index (χ1) is 9.37. The summed E-state index contributed by atoms with van der Waals surface area (Å²) in [5.74, 6) is 0.721. The van der Waals surface area contributed by atoms with Gasteiger partial charge in [-0.3, -0.25) is 0 Å². The van der Waals surface area contributed by atoms with E-state index in [1.165, 1.54) is 0 Å². The molecule has 2 saturated heterocycles. The predicted molar refractivity (Wildman–Crippen MR) is 79.6 cm³/mol. The summed E-state index contributed by atoms with van der Waals surface area (Å²) in [5.41, 5.74) is -0.439. The van der Waals surface area contributed by atoms with Crippen molar-refractivity contribution < 1.29 is 19.2 Å². The molecule has 116 valence electrons. The second-order valence-electron chi connectivity index (χ2n) is 6.19. The van der Waals surface area contributed by atoms with Crippen molar-refractivity contribution in [3.8, 4) is 0 Å². The smallest absolute Gasteiger partial charge is 0.444 e. The van der Waals surface area contributed by atoms with E-state index in [-0.39, 0.29) is 11.9 Å². The summed E-state index contributed by atoms with van der Waals surface area (Å²) in [6, 6.07) is 0. The molecule has 1 unspecified atom stereocenters. The van der Waals surface area contributed by atoms with Gasteiger partial charge in [-0.15, -0.1) is 0 Å². The average molecular weight is 285 g/mol. The van der Waals surface area contributed by atoms with Gasteiger partial charge < -0.3 is 19.3 Å². The molecule has 0 bridgehead atoms. The number of likely N-dealkylation sites (tertiary alicyclic amines) is 1. The molecule has 5 nitrogen and oxygen atoms in total. The van der Waals surface area contributed by atoms with Crippen LogP contribution in [-0.4, -0.2) is 48.4 Å². The Hall–Kier alpha value is -0.745. The van der Waals surface area contributed by atoms with Gasteiger partial charge in [0, 0.05) is 25.5 Å². The Morgan fingerprint density at radius 1 is 1.30 bits per heavy atom. The number of carbonyl (C=O) groups is 1. The van der Waals surface area contributed by atoms with Gasteiger partial charge in [0.05, 0.1) is 0 Å². The summed E-state index contributed by atoms with van der Waals surface area (Å²) in [6.07, 6.45) is 1.61. The van der Waals surface area contributed by atoms with Crippen LogP contribution in [0.15, 0.2) is 0 Å². The third-order valence-corrected chi connectivity index (χ3v) is 3.62. The van der Waals surface area contributed by atoms with Crippen molar-refractivity contribution in [3.63, 3.8) is 0 Å². The maximum absolute atomic E-state index is 11.9. The molecule has 1 atom stereocenters. The molecule has 0 aromatic carbocycles. The fourth-order valence-electron chi connectivity index (χ4n) is 2.50. The number of ether oxygens (including phenoxy) is 1. The number of rotatable bonds is 1. The molecule has 0 spiro atoms.